The van der Waals surface area contributed by atoms with Crippen molar-refractivity contribution in [3.63, 3.8) is 0 Å². The van der Waals surface area contributed by atoms with Crippen molar-refractivity contribution in [2.24, 2.45) is 5.41 Å². The van der Waals surface area contributed by atoms with Crippen LogP contribution in [-0.2, 0) is 31.9 Å². The van der Waals surface area contributed by atoms with Crippen molar-refractivity contribution >= 4 is 36.3 Å². The van der Waals surface area contributed by atoms with Crippen LogP contribution in [0, 0.1) is 5.41 Å². The maximum absolute atomic E-state index is 12.5. The third-order valence-electron chi connectivity index (χ3n) is 4.76. The minimum Gasteiger partial charge on any atom is -0.534 e. The first kappa shape index (κ1) is 23.7. The molecule has 1 aromatic carbocycles. The second kappa shape index (κ2) is 10.1. The third-order valence-corrected chi connectivity index (χ3v) is 5.60. The minimum atomic E-state index is -1.33. The van der Waals surface area contributed by atoms with Gasteiger partial charge in [-0.05, 0) is 45.2 Å². The molecule has 1 aromatic heterocycles. The summed E-state index contributed by atoms with van der Waals surface area (Å²) in [5.41, 5.74) is 1.73. The van der Waals surface area contributed by atoms with E-state index in [1.165, 1.54) is 17.4 Å². The molecule has 32 heavy (non-hydrogen) atoms. The lowest BCUT2D eigenvalue weighted by Gasteiger charge is -2.29. The Labute approximate surface area is 190 Å². The van der Waals surface area contributed by atoms with Gasteiger partial charge in [0, 0.05) is 17.5 Å². The summed E-state index contributed by atoms with van der Waals surface area (Å²) in [4.78, 5) is 41.5. The van der Waals surface area contributed by atoms with Crippen molar-refractivity contribution < 1.29 is 33.5 Å². The molecule has 170 valence electrons. The monoisotopic (exact) mass is 460 g/mol. The van der Waals surface area contributed by atoms with Crippen LogP contribution < -0.4 is 9.97 Å². The summed E-state index contributed by atoms with van der Waals surface area (Å²) in [5, 5.41) is 13.2. The lowest BCUT2D eigenvalue weighted by molar-refractivity contribution is -0.161. The summed E-state index contributed by atoms with van der Waals surface area (Å²) in [6, 6.07) is 4.89. The van der Waals surface area contributed by atoms with Gasteiger partial charge in [-0.25, -0.2) is 4.79 Å². The number of fused-ring (bicyclic) bond motifs is 1. The normalized spacial score (nSPS) is 15.4. The predicted molar refractivity (Wildman–Crippen MR) is 117 cm³/mol. The molecule has 0 fully saturated rings. The van der Waals surface area contributed by atoms with Crippen LogP contribution in [0.1, 0.15) is 48.0 Å². The molecule has 0 saturated carbocycles. The lowest BCUT2D eigenvalue weighted by Crippen LogP contribution is -2.53. The Morgan fingerprint density at radius 2 is 2.09 bits per heavy atom. The number of para-hydroxylation sites is 1. The zero-order valence-electron chi connectivity index (χ0n) is 18.1. The van der Waals surface area contributed by atoms with Crippen LogP contribution in [0.2, 0.25) is 0 Å². The Balaban J connectivity index is 1.58. The molecule has 0 radical (unpaired) electrons. The van der Waals surface area contributed by atoms with Crippen molar-refractivity contribution in [1.29, 1.82) is 0 Å². The summed E-state index contributed by atoms with van der Waals surface area (Å²) in [5.74, 6) is -1.94. The molecule has 0 aliphatic carbocycles. The number of ether oxygens (including phenoxy) is 2. The van der Waals surface area contributed by atoms with Crippen LogP contribution in [0.25, 0.3) is 0 Å². The number of esters is 2. The number of aryl methyl sites for hydroxylation is 1. The zero-order chi connectivity index (χ0) is 23.3. The van der Waals surface area contributed by atoms with E-state index in [9.17, 15) is 19.4 Å². The van der Waals surface area contributed by atoms with Gasteiger partial charge in [-0.1, -0.05) is 12.1 Å². The minimum absolute atomic E-state index is 0.100. The molecule has 0 saturated heterocycles. The third kappa shape index (κ3) is 6.07. The number of carbonyl (C=O) groups excluding carboxylic acids is 3. The summed E-state index contributed by atoms with van der Waals surface area (Å²) < 4.78 is 15.5. The molecule has 2 heterocycles. The van der Waals surface area contributed by atoms with E-state index < -0.39 is 37.2 Å². The van der Waals surface area contributed by atoms with Gasteiger partial charge in [-0.2, -0.15) is 0 Å². The molecule has 2 aromatic rings. The maximum Gasteiger partial charge on any atom is 0.547 e. The fourth-order valence-electron chi connectivity index (χ4n) is 3.02. The highest BCUT2D eigenvalue weighted by atomic mass is 32.1. The van der Waals surface area contributed by atoms with Crippen molar-refractivity contribution in [2.45, 2.75) is 46.0 Å². The SMILES string of the molecule is CC(C)(C)C(=O)OCOC(=O)c1cccc2c1OB(O)C(NC(=O)CCc1cncs1)C2. The number of hydrogen-bond donors (Lipinski definition) is 2. The number of thiazole rings is 1. The number of amides is 1. The highest BCUT2D eigenvalue weighted by molar-refractivity contribution is 7.09. The molecule has 2 N–H and O–H groups in total. The number of nitrogens with one attached hydrogen (secondary N) is 1. The van der Waals surface area contributed by atoms with Crippen LogP contribution in [-0.4, -0.2) is 47.7 Å². The van der Waals surface area contributed by atoms with E-state index in [0.717, 1.165) is 4.88 Å². The standard InChI is InChI=1S/C21H25BN2O7S/c1-21(2,3)20(27)30-12-29-19(26)15-6-4-5-13-9-16(22(28)31-18(13)15)24-17(25)8-7-14-10-23-11-32-14/h4-6,10-11,16,28H,7-9,12H2,1-3H3,(H,24,25). The van der Waals surface area contributed by atoms with Crippen LogP contribution in [0.4, 0.5) is 0 Å². The Morgan fingerprint density at radius 3 is 2.78 bits per heavy atom. The first-order chi connectivity index (χ1) is 15.1. The van der Waals surface area contributed by atoms with Crippen LogP contribution in [0.3, 0.4) is 0 Å². The number of rotatable bonds is 7. The maximum atomic E-state index is 12.5. The molecule has 9 nitrogen and oxygen atoms in total. The van der Waals surface area contributed by atoms with Crippen molar-refractivity contribution in [3.8, 4) is 5.75 Å². The van der Waals surface area contributed by atoms with Crippen molar-refractivity contribution in [3.05, 3.63) is 45.9 Å². The lowest BCUT2D eigenvalue weighted by atomic mass is 9.72. The fourth-order valence-corrected chi connectivity index (χ4v) is 3.62. The molecule has 1 aliphatic rings. The molecular weight excluding hydrogens is 435 g/mol. The Bertz CT molecular complexity index is 975. The summed E-state index contributed by atoms with van der Waals surface area (Å²) in [7, 11) is -1.33. The average Bonchev–Trinajstić information content (AvgIpc) is 3.25. The number of hydrogen-bond acceptors (Lipinski definition) is 9. The highest BCUT2D eigenvalue weighted by Crippen LogP contribution is 2.30. The van der Waals surface area contributed by atoms with E-state index in [4.69, 9.17) is 14.1 Å². The first-order valence-corrected chi connectivity index (χ1v) is 11.0. The number of benzene rings is 1. The van der Waals surface area contributed by atoms with Gasteiger partial charge in [0.25, 0.3) is 0 Å². The summed E-state index contributed by atoms with van der Waals surface area (Å²) >= 11 is 1.48. The quantitative estimate of drug-likeness (QED) is 0.365. The van der Waals surface area contributed by atoms with Gasteiger partial charge in [-0.3, -0.25) is 14.6 Å². The topological polar surface area (TPSA) is 124 Å². The molecule has 1 aliphatic heterocycles. The summed E-state index contributed by atoms with van der Waals surface area (Å²) in [6.07, 6.45) is 2.82. The summed E-state index contributed by atoms with van der Waals surface area (Å²) in [6.45, 7) is 4.54. The smallest absolute Gasteiger partial charge is 0.534 e. The van der Waals surface area contributed by atoms with E-state index in [0.29, 0.717) is 12.0 Å². The van der Waals surface area contributed by atoms with E-state index >= 15 is 0 Å². The molecule has 0 spiro atoms. The molecule has 1 atom stereocenters. The van der Waals surface area contributed by atoms with Crippen molar-refractivity contribution in [2.75, 3.05) is 6.79 Å². The number of carbonyl (C=O) groups is 3. The van der Waals surface area contributed by atoms with Crippen LogP contribution >= 0.6 is 11.3 Å². The highest BCUT2D eigenvalue weighted by Gasteiger charge is 2.38. The molecule has 0 bridgehead atoms. The van der Waals surface area contributed by atoms with Gasteiger partial charge in [0.05, 0.1) is 16.9 Å². The molecule has 1 amide bonds. The average molecular weight is 460 g/mol. The van der Waals surface area contributed by atoms with E-state index in [1.54, 1.807) is 44.6 Å². The van der Waals surface area contributed by atoms with Gasteiger partial charge in [0.15, 0.2) is 0 Å². The molecule has 1 unspecified atom stereocenters. The van der Waals surface area contributed by atoms with E-state index in [-0.39, 0.29) is 30.1 Å². The largest absolute Gasteiger partial charge is 0.547 e. The molecule has 11 heteroatoms. The van der Waals surface area contributed by atoms with E-state index in [2.05, 4.69) is 10.3 Å². The van der Waals surface area contributed by atoms with Crippen LogP contribution in [0.15, 0.2) is 29.9 Å². The number of aromatic nitrogens is 1. The van der Waals surface area contributed by atoms with Gasteiger partial charge in [-0.15, -0.1) is 11.3 Å². The van der Waals surface area contributed by atoms with Gasteiger partial charge >= 0.3 is 19.1 Å². The first-order valence-electron chi connectivity index (χ1n) is 10.1. The van der Waals surface area contributed by atoms with Gasteiger partial charge < -0.3 is 24.5 Å². The molecular formula is C21H25BN2O7S. The number of nitrogens with zero attached hydrogens (tertiary/aromatic N) is 1. The Hall–Kier alpha value is -2.92. The fraction of sp³-hybridized carbons (Fsp3) is 0.429. The van der Waals surface area contributed by atoms with E-state index in [1.807, 2.05) is 0 Å². The Kier molecular flexibility index (Phi) is 7.52. The molecule has 3 rings (SSSR count). The predicted octanol–water partition coefficient (Wildman–Crippen LogP) is 1.92. The van der Waals surface area contributed by atoms with Crippen molar-refractivity contribution in [1.82, 2.24) is 10.3 Å². The zero-order valence-corrected chi connectivity index (χ0v) is 18.9. The second-order valence-electron chi connectivity index (χ2n) is 8.38. The van der Waals surface area contributed by atoms with Gasteiger partial charge in [0.1, 0.15) is 11.3 Å². The second-order valence-corrected chi connectivity index (χ2v) is 9.35. The Morgan fingerprint density at radius 1 is 1.31 bits per heavy atom. The van der Waals surface area contributed by atoms with Crippen LogP contribution in [0.5, 0.6) is 5.75 Å². The van der Waals surface area contributed by atoms with Gasteiger partial charge in [0.2, 0.25) is 12.7 Å².